The van der Waals surface area contributed by atoms with Crippen LogP contribution in [0.1, 0.15) is 25.0 Å². The molecule has 0 amide bonds. The Morgan fingerprint density at radius 3 is 1.68 bits per heavy atom. The number of ether oxygens (including phenoxy) is 2. The highest BCUT2D eigenvalue weighted by atomic mass is 16.5. The molecule has 0 aliphatic rings. The van der Waals surface area contributed by atoms with Gasteiger partial charge in [0, 0.05) is 6.08 Å². The van der Waals surface area contributed by atoms with Gasteiger partial charge in [0.15, 0.2) is 0 Å². The van der Waals surface area contributed by atoms with E-state index in [0.717, 1.165) is 34.3 Å². The van der Waals surface area contributed by atoms with Crippen molar-refractivity contribution in [2.75, 3.05) is 13.2 Å². The highest BCUT2D eigenvalue weighted by molar-refractivity contribution is 5.84. The topological polar surface area (TPSA) is 55.8 Å². The zero-order valence-corrected chi connectivity index (χ0v) is 14.4. The van der Waals surface area contributed by atoms with Gasteiger partial charge < -0.3 is 14.6 Å². The molecular formula is C21H22O4. The van der Waals surface area contributed by atoms with Crippen molar-refractivity contribution >= 4 is 11.5 Å². The second-order valence-corrected chi connectivity index (χ2v) is 5.19. The second-order valence-electron chi connectivity index (χ2n) is 5.19. The van der Waals surface area contributed by atoms with E-state index in [1.807, 2.05) is 62.4 Å². The Bertz CT molecular complexity index is 689. The summed E-state index contributed by atoms with van der Waals surface area (Å²) in [5.41, 5.74) is 2.87. The molecule has 0 aliphatic carbocycles. The van der Waals surface area contributed by atoms with E-state index < -0.39 is 5.97 Å². The summed E-state index contributed by atoms with van der Waals surface area (Å²) in [7, 11) is 0. The van der Waals surface area contributed by atoms with Crippen LogP contribution in [0.15, 0.2) is 66.8 Å². The first kappa shape index (κ1) is 18.3. The van der Waals surface area contributed by atoms with Gasteiger partial charge in [0.2, 0.25) is 0 Å². The molecule has 0 saturated heterocycles. The maximum atomic E-state index is 10.7. The van der Waals surface area contributed by atoms with Crippen LogP contribution in [0.5, 0.6) is 11.5 Å². The van der Waals surface area contributed by atoms with Gasteiger partial charge in [-0.15, -0.1) is 0 Å². The van der Waals surface area contributed by atoms with Crippen LogP contribution in [-0.4, -0.2) is 24.3 Å². The number of carboxylic acids is 1. The van der Waals surface area contributed by atoms with Crippen LogP contribution in [0.2, 0.25) is 0 Å². The molecule has 0 aromatic heterocycles. The standard InChI is InChI=1S/C21H22O4/c1-3-24-18-12-8-16(9-13-18)20(6-5-7-21(22)23)17-10-14-19(15-11-17)25-4-2/h5-15H,3-4H2,1-2H3,(H,22,23). The van der Waals surface area contributed by atoms with Crippen LogP contribution in [0.3, 0.4) is 0 Å². The summed E-state index contributed by atoms with van der Waals surface area (Å²) in [4.78, 5) is 10.7. The molecule has 0 aliphatic heterocycles. The number of carboxylic acid groups (broad SMARTS) is 1. The van der Waals surface area contributed by atoms with Gasteiger partial charge in [-0.1, -0.05) is 36.4 Å². The smallest absolute Gasteiger partial charge is 0.328 e. The minimum atomic E-state index is -0.978. The van der Waals surface area contributed by atoms with Crippen molar-refractivity contribution in [2.45, 2.75) is 13.8 Å². The van der Waals surface area contributed by atoms with E-state index in [0.29, 0.717) is 13.2 Å². The summed E-state index contributed by atoms with van der Waals surface area (Å²) >= 11 is 0. The predicted molar refractivity (Wildman–Crippen MR) is 99.1 cm³/mol. The lowest BCUT2D eigenvalue weighted by molar-refractivity contribution is -0.131. The summed E-state index contributed by atoms with van der Waals surface area (Å²) in [5.74, 6) is 0.630. The van der Waals surface area contributed by atoms with E-state index in [4.69, 9.17) is 14.6 Å². The molecule has 0 saturated carbocycles. The maximum absolute atomic E-state index is 10.7. The maximum Gasteiger partial charge on any atom is 0.328 e. The summed E-state index contributed by atoms with van der Waals surface area (Å²) in [6.07, 6.45) is 4.44. The van der Waals surface area contributed by atoms with Gasteiger partial charge in [-0.2, -0.15) is 0 Å². The van der Waals surface area contributed by atoms with Crippen LogP contribution in [-0.2, 0) is 4.79 Å². The molecule has 0 atom stereocenters. The fourth-order valence-electron chi connectivity index (χ4n) is 2.38. The van der Waals surface area contributed by atoms with Gasteiger partial charge in [-0.25, -0.2) is 4.79 Å². The van der Waals surface area contributed by atoms with Crippen molar-refractivity contribution < 1.29 is 19.4 Å². The molecule has 2 aromatic carbocycles. The number of hydrogen-bond acceptors (Lipinski definition) is 3. The van der Waals surface area contributed by atoms with Crippen molar-refractivity contribution in [3.05, 3.63) is 77.9 Å². The van der Waals surface area contributed by atoms with Gasteiger partial charge in [-0.3, -0.25) is 0 Å². The molecule has 0 spiro atoms. The Kier molecular flexibility index (Phi) is 6.84. The van der Waals surface area contributed by atoms with Crippen molar-refractivity contribution in [1.29, 1.82) is 0 Å². The molecule has 0 unspecified atom stereocenters. The summed E-state index contributed by atoms with van der Waals surface area (Å²) in [6.45, 7) is 5.11. The van der Waals surface area contributed by atoms with Gasteiger partial charge in [-0.05, 0) is 54.8 Å². The van der Waals surface area contributed by atoms with Crippen molar-refractivity contribution in [1.82, 2.24) is 0 Å². The quantitative estimate of drug-likeness (QED) is 0.566. The van der Waals surface area contributed by atoms with Crippen LogP contribution in [0.4, 0.5) is 0 Å². The SMILES string of the molecule is CCOc1ccc(C(=CC=CC(=O)O)c2ccc(OCC)cc2)cc1. The van der Waals surface area contributed by atoms with E-state index in [9.17, 15) is 4.79 Å². The highest BCUT2D eigenvalue weighted by Crippen LogP contribution is 2.27. The van der Waals surface area contributed by atoms with Crippen molar-refractivity contribution in [3.8, 4) is 11.5 Å². The number of carbonyl (C=O) groups is 1. The second kappa shape index (κ2) is 9.33. The molecule has 0 radical (unpaired) electrons. The molecule has 0 bridgehead atoms. The molecule has 0 fully saturated rings. The van der Waals surface area contributed by atoms with Crippen molar-refractivity contribution in [2.24, 2.45) is 0 Å². The fraction of sp³-hybridized carbons (Fsp3) is 0.190. The summed E-state index contributed by atoms with van der Waals surface area (Å²) in [6, 6.07) is 15.5. The van der Waals surface area contributed by atoms with Crippen LogP contribution in [0, 0.1) is 0 Å². The third kappa shape index (κ3) is 5.53. The van der Waals surface area contributed by atoms with E-state index in [1.165, 1.54) is 6.08 Å². The molecule has 4 nitrogen and oxygen atoms in total. The van der Waals surface area contributed by atoms with E-state index in [1.54, 1.807) is 6.08 Å². The summed E-state index contributed by atoms with van der Waals surface area (Å²) < 4.78 is 10.9. The zero-order valence-electron chi connectivity index (χ0n) is 14.4. The number of benzene rings is 2. The lowest BCUT2D eigenvalue weighted by Gasteiger charge is -2.11. The minimum absolute atomic E-state index is 0.613. The molecule has 2 rings (SSSR count). The first-order valence-corrected chi connectivity index (χ1v) is 8.21. The average Bonchev–Trinajstić information content (AvgIpc) is 2.61. The third-order valence-electron chi connectivity index (χ3n) is 3.45. The Hall–Kier alpha value is -3.01. The predicted octanol–water partition coefficient (Wildman–Crippen LogP) is 4.56. The highest BCUT2D eigenvalue weighted by Gasteiger charge is 2.06. The zero-order chi connectivity index (χ0) is 18.1. The molecule has 1 N–H and O–H groups in total. The molecule has 2 aromatic rings. The number of hydrogen-bond donors (Lipinski definition) is 1. The first-order valence-electron chi connectivity index (χ1n) is 8.21. The van der Waals surface area contributed by atoms with Gasteiger partial charge in [0.1, 0.15) is 11.5 Å². The van der Waals surface area contributed by atoms with Crippen LogP contribution in [0.25, 0.3) is 5.57 Å². The van der Waals surface area contributed by atoms with Crippen molar-refractivity contribution in [3.63, 3.8) is 0 Å². The number of aliphatic carboxylic acids is 1. The Labute approximate surface area is 148 Å². The fourth-order valence-corrected chi connectivity index (χ4v) is 2.38. The molecule has 0 heterocycles. The molecule has 130 valence electrons. The van der Waals surface area contributed by atoms with E-state index >= 15 is 0 Å². The largest absolute Gasteiger partial charge is 0.494 e. The van der Waals surface area contributed by atoms with Gasteiger partial charge >= 0.3 is 5.97 Å². The Balaban J connectivity index is 2.37. The third-order valence-corrected chi connectivity index (χ3v) is 3.45. The van der Waals surface area contributed by atoms with Crippen LogP contribution < -0.4 is 9.47 Å². The van der Waals surface area contributed by atoms with Gasteiger partial charge in [0.05, 0.1) is 13.2 Å². The number of rotatable bonds is 8. The molecule has 25 heavy (non-hydrogen) atoms. The van der Waals surface area contributed by atoms with E-state index in [-0.39, 0.29) is 0 Å². The molecule has 4 heteroatoms. The lowest BCUT2D eigenvalue weighted by Crippen LogP contribution is -1.94. The van der Waals surface area contributed by atoms with Gasteiger partial charge in [0.25, 0.3) is 0 Å². The Morgan fingerprint density at radius 2 is 1.32 bits per heavy atom. The first-order chi connectivity index (χ1) is 12.1. The van der Waals surface area contributed by atoms with Crippen LogP contribution >= 0.6 is 0 Å². The average molecular weight is 338 g/mol. The normalized spacial score (nSPS) is 10.5. The van der Waals surface area contributed by atoms with E-state index in [2.05, 4.69) is 0 Å². The monoisotopic (exact) mass is 338 g/mol. The number of allylic oxidation sites excluding steroid dienone is 2. The minimum Gasteiger partial charge on any atom is -0.494 e. The lowest BCUT2D eigenvalue weighted by atomic mass is 9.97. The molecular weight excluding hydrogens is 316 g/mol. The summed E-state index contributed by atoms with van der Waals surface area (Å²) in [5, 5.41) is 8.81. The Morgan fingerprint density at radius 1 is 0.880 bits per heavy atom.